The molecule has 0 bridgehead atoms. The van der Waals surface area contributed by atoms with Crippen molar-refractivity contribution in [2.45, 2.75) is 18.9 Å². The van der Waals surface area contributed by atoms with Gasteiger partial charge in [0, 0.05) is 25.0 Å². The van der Waals surface area contributed by atoms with E-state index in [-0.39, 0.29) is 6.10 Å². The molecule has 6 nitrogen and oxygen atoms in total. The lowest BCUT2D eigenvalue weighted by atomic mass is 10.1. The fourth-order valence-electron chi connectivity index (χ4n) is 3.43. The largest absolute Gasteiger partial charge is 0.619 e. The molecule has 4 rings (SSSR count). The Bertz CT molecular complexity index is 1080. The molecule has 144 valence electrons. The lowest BCUT2D eigenvalue weighted by Crippen LogP contribution is -2.23. The van der Waals surface area contributed by atoms with Gasteiger partial charge in [-0.1, -0.05) is 24.3 Å². The Morgan fingerprint density at radius 3 is 2.45 bits per heavy atom. The molecule has 1 aromatic carbocycles. The van der Waals surface area contributed by atoms with Crippen LogP contribution in [0.5, 0.6) is 11.6 Å². The SMILES string of the molecule is COc1ccc(/C(C#N)=C/c2cc[n+]([O-])cc2)nc1OC1Cc2ccccc2C1. The van der Waals surface area contributed by atoms with Gasteiger partial charge in [-0.15, -0.1) is 0 Å². The van der Waals surface area contributed by atoms with Crippen molar-refractivity contribution >= 4 is 11.6 Å². The first-order valence-electron chi connectivity index (χ1n) is 9.25. The van der Waals surface area contributed by atoms with Crippen molar-refractivity contribution in [2.24, 2.45) is 0 Å². The van der Waals surface area contributed by atoms with Crippen LogP contribution >= 0.6 is 0 Å². The molecule has 1 aliphatic rings. The number of ether oxygens (including phenoxy) is 2. The summed E-state index contributed by atoms with van der Waals surface area (Å²) in [5.74, 6) is 0.892. The van der Waals surface area contributed by atoms with Crippen molar-refractivity contribution in [1.29, 1.82) is 5.26 Å². The number of fused-ring (bicyclic) bond motifs is 1. The van der Waals surface area contributed by atoms with Crippen molar-refractivity contribution in [3.63, 3.8) is 0 Å². The highest BCUT2D eigenvalue weighted by molar-refractivity contribution is 5.88. The standard InChI is InChI=1S/C23H19N3O3/c1-28-22-7-6-21(19(15-24)12-16-8-10-26(27)11-9-16)25-23(22)29-20-13-17-4-2-3-5-18(17)14-20/h2-12,20H,13-14H2,1H3/b19-12+. The highest BCUT2D eigenvalue weighted by Crippen LogP contribution is 2.31. The van der Waals surface area contributed by atoms with Crippen molar-refractivity contribution in [3.05, 3.63) is 88.5 Å². The van der Waals surface area contributed by atoms with Crippen molar-refractivity contribution in [1.82, 2.24) is 4.98 Å². The average molecular weight is 385 g/mol. The van der Waals surface area contributed by atoms with Crippen molar-refractivity contribution < 1.29 is 14.2 Å². The van der Waals surface area contributed by atoms with Gasteiger partial charge in [0.25, 0.3) is 5.88 Å². The number of benzene rings is 1. The molecule has 0 atom stereocenters. The van der Waals surface area contributed by atoms with E-state index in [1.807, 2.05) is 12.1 Å². The van der Waals surface area contributed by atoms with Gasteiger partial charge in [0.15, 0.2) is 18.1 Å². The third kappa shape index (κ3) is 4.04. The second-order valence-corrected chi connectivity index (χ2v) is 6.78. The van der Waals surface area contributed by atoms with Crippen LogP contribution in [0, 0.1) is 16.5 Å². The van der Waals surface area contributed by atoms with Crippen LogP contribution in [0.25, 0.3) is 11.6 Å². The molecule has 0 N–H and O–H groups in total. The molecule has 2 aromatic heterocycles. The van der Waals surface area contributed by atoms with E-state index in [0.717, 1.165) is 18.4 Å². The first-order valence-corrected chi connectivity index (χ1v) is 9.25. The minimum absolute atomic E-state index is 0.0276. The number of allylic oxidation sites excluding steroid dienone is 1. The summed E-state index contributed by atoms with van der Waals surface area (Å²) < 4.78 is 12.3. The number of hydrogen-bond acceptors (Lipinski definition) is 5. The number of aromatic nitrogens is 2. The van der Waals surface area contributed by atoms with Gasteiger partial charge in [-0.3, -0.25) is 0 Å². The zero-order valence-corrected chi connectivity index (χ0v) is 15.9. The number of rotatable bonds is 5. The van der Waals surface area contributed by atoms with Gasteiger partial charge in [-0.05, 0) is 34.9 Å². The molecule has 0 amide bonds. The van der Waals surface area contributed by atoms with Crippen LogP contribution in [0.15, 0.2) is 60.9 Å². The summed E-state index contributed by atoms with van der Waals surface area (Å²) in [5, 5.41) is 20.8. The normalized spacial score (nSPS) is 13.6. The zero-order valence-electron chi connectivity index (χ0n) is 15.9. The molecule has 6 heteroatoms. The highest BCUT2D eigenvalue weighted by atomic mass is 16.5. The van der Waals surface area contributed by atoms with E-state index in [1.165, 1.54) is 23.5 Å². The maximum Gasteiger partial charge on any atom is 0.257 e. The van der Waals surface area contributed by atoms with Gasteiger partial charge in [0.2, 0.25) is 0 Å². The summed E-state index contributed by atoms with van der Waals surface area (Å²) >= 11 is 0. The van der Waals surface area contributed by atoms with Gasteiger partial charge in [-0.25, -0.2) is 4.98 Å². The molecule has 29 heavy (non-hydrogen) atoms. The molecule has 1 aliphatic carbocycles. The van der Waals surface area contributed by atoms with E-state index in [2.05, 4.69) is 23.2 Å². The number of hydrogen-bond donors (Lipinski definition) is 0. The highest BCUT2D eigenvalue weighted by Gasteiger charge is 2.24. The van der Waals surface area contributed by atoms with Gasteiger partial charge in [-0.2, -0.15) is 9.99 Å². The van der Waals surface area contributed by atoms with Crippen molar-refractivity contribution in [3.8, 4) is 17.7 Å². The molecule has 0 fully saturated rings. The number of pyridine rings is 2. The molecule has 2 heterocycles. The predicted molar refractivity (Wildman–Crippen MR) is 108 cm³/mol. The minimum Gasteiger partial charge on any atom is -0.619 e. The van der Waals surface area contributed by atoms with E-state index in [9.17, 15) is 10.5 Å². The van der Waals surface area contributed by atoms with Crippen LogP contribution in [-0.4, -0.2) is 18.2 Å². The summed E-state index contributed by atoms with van der Waals surface area (Å²) in [6, 6.07) is 17.2. The lowest BCUT2D eigenvalue weighted by molar-refractivity contribution is -0.605. The second-order valence-electron chi connectivity index (χ2n) is 6.78. The number of nitrogens with zero attached hydrogens (tertiary/aromatic N) is 3. The van der Waals surface area contributed by atoms with Crippen molar-refractivity contribution in [2.75, 3.05) is 7.11 Å². The quantitative estimate of drug-likeness (QED) is 0.382. The Balaban J connectivity index is 1.61. The molecule has 3 aromatic rings. The Morgan fingerprint density at radius 1 is 1.14 bits per heavy atom. The first kappa shape index (κ1) is 18.5. The van der Waals surface area contributed by atoms with Gasteiger partial charge in [0.05, 0.1) is 18.4 Å². The molecule has 0 radical (unpaired) electrons. The summed E-state index contributed by atoms with van der Waals surface area (Å²) in [7, 11) is 1.57. The fraction of sp³-hybridized carbons (Fsp3) is 0.174. The first-order chi connectivity index (χ1) is 14.2. The topological polar surface area (TPSA) is 82.1 Å². The minimum atomic E-state index is -0.0276. The maximum atomic E-state index is 11.2. The van der Waals surface area contributed by atoms with Crippen LogP contribution in [0.2, 0.25) is 0 Å². The van der Waals surface area contributed by atoms with E-state index >= 15 is 0 Å². The molecule has 0 saturated carbocycles. The molecular weight excluding hydrogens is 366 g/mol. The molecule has 0 spiro atoms. The van der Waals surface area contributed by atoms with Crippen LogP contribution in [0.3, 0.4) is 0 Å². The van der Waals surface area contributed by atoms with E-state index in [4.69, 9.17) is 9.47 Å². The summed E-state index contributed by atoms with van der Waals surface area (Å²) in [5.41, 5.74) is 4.16. The lowest BCUT2D eigenvalue weighted by Gasteiger charge is -2.15. The van der Waals surface area contributed by atoms with Crippen LogP contribution in [0.1, 0.15) is 22.4 Å². The summed E-state index contributed by atoms with van der Waals surface area (Å²) in [6.07, 6.45) is 6.05. The average Bonchev–Trinajstić information content (AvgIpc) is 3.15. The second kappa shape index (κ2) is 8.03. The van der Waals surface area contributed by atoms with Gasteiger partial charge < -0.3 is 14.7 Å². The van der Waals surface area contributed by atoms with E-state index < -0.39 is 0 Å². The predicted octanol–water partition coefficient (Wildman–Crippen LogP) is 3.33. The van der Waals surface area contributed by atoms with E-state index in [1.54, 1.807) is 37.5 Å². The third-order valence-electron chi connectivity index (χ3n) is 4.87. The summed E-state index contributed by atoms with van der Waals surface area (Å²) in [6.45, 7) is 0. The smallest absolute Gasteiger partial charge is 0.257 e. The Kier molecular flexibility index (Phi) is 5.12. The van der Waals surface area contributed by atoms with Gasteiger partial charge in [0.1, 0.15) is 12.2 Å². The Morgan fingerprint density at radius 2 is 1.83 bits per heavy atom. The maximum absolute atomic E-state index is 11.2. The zero-order chi connectivity index (χ0) is 20.2. The molecule has 0 aliphatic heterocycles. The van der Waals surface area contributed by atoms with Crippen LogP contribution < -0.4 is 14.2 Å². The molecular formula is C23H19N3O3. The monoisotopic (exact) mass is 385 g/mol. The summed E-state index contributed by atoms with van der Waals surface area (Å²) in [4.78, 5) is 4.55. The fourth-order valence-corrected chi connectivity index (χ4v) is 3.43. The molecule has 0 unspecified atom stereocenters. The van der Waals surface area contributed by atoms with Crippen LogP contribution in [0.4, 0.5) is 0 Å². The Hall–Kier alpha value is -3.85. The Labute approximate surface area is 168 Å². The molecule has 0 saturated heterocycles. The van der Waals surface area contributed by atoms with Crippen LogP contribution in [-0.2, 0) is 12.8 Å². The van der Waals surface area contributed by atoms with E-state index in [0.29, 0.717) is 27.6 Å². The number of methoxy groups -OCH3 is 1. The third-order valence-corrected chi connectivity index (χ3v) is 4.87. The van der Waals surface area contributed by atoms with Gasteiger partial charge >= 0.3 is 0 Å². The number of nitriles is 1.